The van der Waals surface area contributed by atoms with Gasteiger partial charge in [-0.3, -0.25) is 4.79 Å². The van der Waals surface area contributed by atoms with Gasteiger partial charge in [-0.05, 0) is 29.6 Å². The first-order chi connectivity index (χ1) is 10.7. The maximum absolute atomic E-state index is 13.2. The molecule has 6 nitrogen and oxygen atoms in total. The highest BCUT2D eigenvalue weighted by Gasteiger charge is 2.25. The molecule has 3 aromatic rings. The molecule has 2 heterocycles. The number of nitrogens with zero attached hydrogens (tertiary/aromatic N) is 3. The Balaban J connectivity index is 1.80. The number of hydrogen-bond acceptors (Lipinski definition) is 5. The van der Waals surface area contributed by atoms with Crippen LogP contribution in [0.5, 0.6) is 0 Å². The van der Waals surface area contributed by atoms with E-state index >= 15 is 0 Å². The van der Waals surface area contributed by atoms with Crippen LogP contribution in [0.3, 0.4) is 0 Å². The number of aromatic nitrogens is 4. The quantitative estimate of drug-likeness (QED) is 0.756. The molecule has 0 aliphatic heterocycles. The van der Waals surface area contributed by atoms with Crippen LogP contribution in [0.4, 0.5) is 10.1 Å². The summed E-state index contributed by atoms with van der Waals surface area (Å²) < 4.78 is 13.2. The second kappa shape index (κ2) is 6.44. The average Bonchev–Trinajstić information content (AvgIpc) is 3.18. The number of rotatable bonds is 5. The van der Waals surface area contributed by atoms with E-state index in [1.807, 2.05) is 17.5 Å². The monoisotopic (exact) mass is 317 g/mol. The average molecular weight is 317 g/mol. The fraction of sp³-hybridized carbons (Fsp3) is 0.143. The Morgan fingerprint density at radius 1 is 1.36 bits per heavy atom. The van der Waals surface area contributed by atoms with Crippen molar-refractivity contribution in [1.82, 2.24) is 20.6 Å². The lowest BCUT2D eigenvalue weighted by atomic mass is 10.0. The van der Waals surface area contributed by atoms with Crippen LogP contribution in [0.1, 0.15) is 16.6 Å². The zero-order valence-electron chi connectivity index (χ0n) is 11.4. The van der Waals surface area contributed by atoms with E-state index in [1.54, 1.807) is 17.4 Å². The molecule has 0 radical (unpaired) electrons. The fourth-order valence-corrected chi connectivity index (χ4v) is 2.80. The number of benzene rings is 1. The molecule has 3 rings (SSSR count). The van der Waals surface area contributed by atoms with Gasteiger partial charge >= 0.3 is 0 Å². The molecule has 0 saturated carbocycles. The van der Waals surface area contributed by atoms with Crippen molar-refractivity contribution in [3.63, 3.8) is 0 Å². The summed E-state index contributed by atoms with van der Waals surface area (Å²) in [7, 11) is 0. The lowest BCUT2D eigenvalue weighted by Gasteiger charge is -2.13. The van der Waals surface area contributed by atoms with E-state index < -0.39 is 11.7 Å². The van der Waals surface area contributed by atoms with E-state index in [2.05, 4.69) is 25.9 Å². The molecular formula is C14H12FN5OS. The van der Waals surface area contributed by atoms with Crippen LogP contribution in [-0.4, -0.2) is 26.5 Å². The molecular weight excluding hydrogens is 305 g/mol. The van der Waals surface area contributed by atoms with E-state index in [1.165, 1.54) is 18.2 Å². The van der Waals surface area contributed by atoms with E-state index in [4.69, 9.17) is 0 Å². The van der Waals surface area contributed by atoms with Gasteiger partial charge in [-0.15, -0.1) is 21.5 Å². The summed E-state index contributed by atoms with van der Waals surface area (Å²) in [5.41, 5.74) is 0.393. The van der Waals surface area contributed by atoms with Crippen LogP contribution in [-0.2, 0) is 11.2 Å². The molecule has 1 unspecified atom stereocenters. The number of nitrogens with one attached hydrogen (secondary N) is 2. The van der Waals surface area contributed by atoms with Crippen LogP contribution in [0, 0.1) is 5.82 Å². The fourth-order valence-electron chi connectivity index (χ4n) is 2.04. The summed E-state index contributed by atoms with van der Waals surface area (Å²) in [5.74, 6) is -1.00. The minimum absolute atomic E-state index is 0.305. The minimum Gasteiger partial charge on any atom is -0.325 e. The summed E-state index contributed by atoms with van der Waals surface area (Å²) >= 11 is 1.55. The molecule has 1 atom stereocenters. The van der Waals surface area contributed by atoms with Crippen molar-refractivity contribution in [1.29, 1.82) is 0 Å². The zero-order chi connectivity index (χ0) is 15.4. The molecule has 0 aliphatic rings. The van der Waals surface area contributed by atoms with Gasteiger partial charge in [0.25, 0.3) is 0 Å². The van der Waals surface area contributed by atoms with Crippen molar-refractivity contribution in [2.45, 2.75) is 12.3 Å². The Hall–Kier alpha value is -2.61. The lowest BCUT2D eigenvalue weighted by Crippen LogP contribution is -2.24. The first-order valence-corrected chi connectivity index (χ1v) is 7.42. The third-order valence-corrected chi connectivity index (χ3v) is 3.97. The first kappa shape index (κ1) is 14.3. The maximum Gasteiger partial charge on any atom is 0.235 e. The van der Waals surface area contributed by atoms with Crippen LogP contribution in [0.15, 0.2) is 41.8 Å². The third-order valence-electron chi connectivity index (χ3n) is 3.07. The van der Waals surface area contributed by atoms with Gasteiger partial charge in [0.2, 0.25) is 5.91 Å². The number of H-pyrrole nitrogens is 1. The molecule has 0 fully saturated rings. The van der Waals surface area contributed by atoms with Crippen LogP contribution in [0.2, 0.25) is 0 Å². The standard InChI is InChI=1S/C14H12FN5OS/c15-9-3-1-4-10(7-9)16-14(21)12(13-17-19-20-18-13)8-11-5-2-6-22-11/h1-7,12H,8H2,(H,16,21)(H,17,18,19,20). The molecule has 2 aromatic heterocycles. The number of amides is 1. The molecule has 1 aromatic carbocycles. The number of hydrogen-bond donors (Lipinski definition) is 2. The Morgan fingerprint density at radius 3 is 2.95 bits per heavy atom. The second-order valence-electron chi connectivity index (χ2n) is 4.61. The molecule has 0 aliphatic carbocycles. The molecule has 112 valence electrons. The normalized spacial score (nSPS) is 12.0. The number of tetrazole rings is 1. The van der Waals surface area contributed by atoms with Crippen molar-refractivity contribution in [2.24, 2.45) is 0 Å². The van der Waals surface area contributed by atoms with Gasteiger partial charge in [-0.2, -0.15) is 5.21 Å². The van der Waals surface area contributed by atoms with Crippen molar-refractivity contribution in [3.8, 4) is 0 Å². The summed E-state index contributed by atoms with van der Waals surface area (Å²) in [4.78, 5) is 13.5. The predicted octanol–water partition coefficient (Wildman–Crippen LogP) is 2.37. The molecule has 22 heavy (non-hydrogen) atoms. The van der Waals surface area contributed by atoms with Gasteiger partial charge in [0.05, 0.1) is 0 Å². The number of thiophene rings is 1. The highest BCUT2D eigenvalue weighted by molar-refractivity contribution is 7.09. The summed E-state index contributed by atoms with van der Waals surface area (Å²) in [6.07, 6.45) is 0.457. The largest absolute Gasteiger partial charge is 0.325 e. The highest BCUT2D eigenvalue weighted by atomic mass is 32.1. The van der Waals surface area contributed by atoms with Crippen molar-refractivity contribution in [3.05, 3.63) is 58.3 Å². The molecule has 0 bridgehead atoms. The Bertz CT molecular complexity index is 744. The third kappa shape index (κ3) is 3.34. The molecule has 0 saturated heterocycles. The van der Waals surface area contributed by atoms with Gasteiger partial charge in [-0.1, -0.05) is 17.3 Å². The molecule has 1 amide bonds. The Morgan fingerprint density at radius 2 is 2.27 bits per heavy atom. The molecule has 0 spiro atoms. The predicted molar refractivity (Wildman–Crippen MR) is 80.0 cm³/mol. The Kier molecular flexibility index (Phi) is 4.19. The topological polar surface area (TPSA) is 83.6 Å². The van der Waals surface area contributed by atoms with Gasteiger partial charge in [0, 0.05) is 17.0 Å². The van der Waals surface area contributed by atoms with Gasteiger partial charge in [0.15, 0.2) is 5.82 Å². The SMILES string of the molecule is O=C(Nc1cccc(F)c1)C(Cc1cccs1)c1nn[nH]n1. The Labute approximate surface area is 129 Å². The first-order valence-electron chi connectivity index (χ1n) is 6.54. The van der Waals surface area contributed by atoms with Gasteiger partial charge < -0.3 is 5.32 Å². The summed E-state index contributed by atoms with van der Waals surface area (Å²) in [5, 5.41) is 18.3. The number of aromatic amines is 1. The van der Waals surface area contributed by atoms with E-state index in [0.29, 0.717) is 17.9 Å². The van der Waals surface area contributed by atoms with E-state index in [-0.39, 0.29) is 5.91 Å². The zero-order valence-corrected chi connectivity index (χ0v) is 12.2. The number of carbonyl (C=O) groups excluding carboxylic acids is 1. The molecule has 8 heteroatoms. The smallest absolute Gasteiger partial charge is 0.235 e. The minimum atomic E-state index is -0.597. The second-order valence-corrected chi connectivity index (χ2v) is 5.64. The van der Waals surface area contributed by atoms with E-state index in [9.17, 15) is 9.18 Å². The number of carbonyl (C=O) groups is 1. The van der Waals surface area contributed by atoms with Gasteiger partial charge in [-0.25, -0.2) is 4.39 Å². The van der Waals surface area contributed by atoms with Crippen LogP contribution in [0.25, 0.3) is 0 Å². The van der Waals surface area contributed by atoms with Crippen LogP contribution >= 0.6 is 11.3 Å². The van der Waals surface area contributed by atoms with Crippen molar-refractivity contribution < 1.29 is 9.18 Å². The number of halogens is 1. The molecule has 2 N–H and O–H groups in total. The van der Waals surface area contributed by atoms with Crippen molar-refractivity contribution >= 4 is 22.9 Å². The van der Waals surface area contributed by atoms with Crippen LogP contribution < -0.4 is 5.32 Å². The van der Waals surface area contributed by atoms with E-state index in [0.717, 1.165) is 4.88 Å². The van der Waals surface area contributed by atoms with Gasteiger partial charge in [0.1, 0.15) is 11.7 Å². The number of anilines is 1. The lowest BCUT2D eigenvalue weighted by molar-refractivity contribution is -0.117. The van der Waals surface area contributed by atoms with Crippen molar-refractivity contribution in [2.75, 3.05) is 5.32 Å². The summed E-state index contributed by atoms with van der Waals surface area (Å²) in [6.45, 7) is 0. The summed E-state index contributed by atoms with van der Waals surface area (Å²) in [6, 6.07) is 9.59. The highest BCUT2D eigenvalue weighted by Crippen LogP contribution is 2.22. The maximum atomic E-state index is 13.2.